The van der Waals surface area contributed by atoms with Gasteiger partial charge < -0.3 is 15.2 Å². The van der Waals surface area contributed by atoms with Gasteiger partial charge in [0.05, 0.1) is 22.3 Å². The zero-order valence-corrected chi connectivity index (χ0v) is 18.5. The molecule has 0 saturated carbocycles. The second-order valence-electron chi connectivity index (χ2n) is 7.04. The van der Waals surface area contributed by atoms with Crippen molar-refractivity contribution < 1.29 is 9.59 Å². The molecule has 2 rings (SSSR count). The molecule has 2 N–H and O–H groups in total. The van der Waals surface area contributed by atoms with Crippen LogP contribution in [0.5, 0.6) is 0 Å². The van der Waals surface area contributed by atoms with Gasteiger partial charge in [0.15, 0.2) is 11.0 Å². The van der Waals surface area contributed by atoms with Crippen LogP contribution < -0.4 is 10.6 Å². The maximum atomic E-state index is 12.3. The minimum atomic E-state index is -0.289. The number of benzene rings is 1. The molecule has 0 bridgehead atoms. The highest BCUT2D eigenvalue weighted by molar-refractivity contribution is 7.99. The Labute approximate surface area is 178 Å². The predicted octanol–water partition coefficient (Wildman–Crippen LogP) is 3.54. The lowest BCUT2D eigenvalue weighted by Crippen LogP contribution is -2.41. The van der Waals surface area contributed by atoms with Crippen LogP contribution in [0.3, 0.4) is 0 Å². The average Bonchev–Trinajstić information content (AvgIpc) is 3.00. The summed E-state index contributed by atoms with van der Waals surface area (Å²) in [4.78, 5) is 24.3. The van der Waals surface area contributed by atoms with Crippen LogP contribution in [-0.4, -0.2) is 37.9 Å². The second-order valence-corrected chi connectivity index (χ2v) is 8.80. The molecule has 0 aliphatic heterocycles. The minimum absolute atomic E-state index is 0.0716. The molecular formula is C18H23Cl2N5O2S. The number of rotatable bonds is 7. The first kappa shape index (κ1) is 22.5. The van der Waals surface area contributed by atoms with Crippen LogP contribution >= 0.6 is 35.0 Å². The Morgan fingerprint density at radius 2 is 1.89 bits per heavy atom. The smallest absolute Gasteiger partial charge is 0.251 e. The summed E-state index contributed by atoms with van der Waals surface area (Å²) in [5.41, 5.74) is 0.126. The summed E-state index contributed by atoms with van der Waals surface area (Å²) in [7, 11) is 0. The lowest BCUT2D eigenvalue weighted by atomic mass is 10.1. The molecule has 2 amide bonds. The molecule has 1 aromatic carbocycles. The van der Waals surface area contributed by atoms with Gasteiger partial charge in [-0.05, 0) is 45.9 Å². The third kappa shape index (κ3) is 6.39. The van der Waals surface area contributed by atoms with E-state index in [0.717, 1.165) is 0 Å². The van der Waals surface area contributed by atoms with Crippen molar-refractivity contribution in [1.29, 1.82) is 0 Å². The summed E-state index contributed by atoms with van der Waals surface area (Å²) >= 11 is 13.1. The van der Waals surface area contributed by atoms with E-state index in [1.54, 1.807) is 12.1 Å². The molecule has 1 heterocycles. The lowest BCUT2D eigenvalue weighted by molar-refractivity contribution is -0.119. The summed E-state index contributed by atoms with van der Waals surface area (Å²) in [5.74, 6) is 0.487. The fraction of sp³-hybridized carbons (Fsp3) is 0.444. The van der Waals surface area contributed by atoms with E-state index < -0.39 is 0 Å². The number of thioether (sulfide) groups is 1. The van der Waals surface area contributed by atoms with Crippen molar-refractivity contribution in [2.75, 3.05) is 5.75 Å². The molecular weight excluding hydrogens is 421 g/mol. The van der Waals surface area contributed by atoms with Crippen molar-refractivity contribution in [3.8, 4) is 0 Å². The molecule has 0 atom stereocenters. The molecule has 0 unspecified atom stereocenters. The molecule has 152 valence electrons. The third-order valence-corrected chi connectivity index (χ3v) is 5.25. The summed E-state index contributed by atoms with van der Waals surface area (Å²) in [6, 6.07) is 4.69. The monoisotopic (exact) mass is 443 g/mol. The van der Waals surface area contributed by atoms with E-state index in [4.69, 9.17) is 23.2 Å². The molecule has 0 saturated heterocycles. The Morgan fingerprint density at radius 3 is 2.50 bits per heavy atom. The SMILES string of the molecule is CCn1c(CNC(=O)c2ccc(Cl)c(Cl)c2)nnc1SCC(=O)NC(C)(C)C. The first-order valence-corrected chi connectivity index (χ1v) is 10.4. The van der Waals surface area contributed by atoms with Gasteiger partial charge in [-0.1, -0.05) is 35.0 Å². The van der Waals surface area contributed by atoms with Crippen molar-refractivity contribution in [3.63, 3.8) is 0 Å². The minimum Gasteiger partial charge on any atom is -0.351 e. The van der Waals surface area contributed by atoms with E-state index in [0.29, 0.717) is 33.1 Å². The normalized spacial score (nSPS) is 11.4. The fourth-order valence-corrected chi connectivity index (χ4v) is 3.48. The molecule has 7 nitrogen and oxygen atoms in total. The maximum Gasteiger partial charge on any atom is 0.251 e. The second kappa shape index (κ2) is 9.62. The predicted molar refractivity (Wildman–Crippen MR) is 112 cm³/mol. The number of hydrogen-bond donors (Lipinski definition) is 2. The van der Waals surface area contributed by atoms with Crippen LogP contribution in [0.1, 0.15) is 43.9 Å². The molecule has 0 fully saturated rings. The molecule has 2 aromatic rings. The maximum absolute atomic E-state index is 12.3. The number of hydrogen-bond acceptors (Lipinski definition) is 5. The standard InChI is InChI=1S/C18H23Cl2N5O2S/c1-5-25-14(9-21-16(27)11-6-7-12(19)13(20)8-11)23-24-17(25)28-10-15(26)22-18(2,3)4/h6-8H,5,9-10H2,1-4H3,(H,21,27)(H,22,26). The van der Waals surface area contributed by atoms with E-state index >= 15 is 0 Å². The summed E-state index contributed by atoms with van der Waals surface area (Å²) < 4.78 is 1.87. The van der Waals surface area contributed by atoms with Gasteiger partial charge in [-0.15, -0.1) is 10.2 Å². The van der Waals surface area contributed by atoms with E-state index in [-0.39, 0.29) is 29.7 Å². The number of amides is 2. The molecule has 10 heteroatoms. The largest absolute Gasteiger partial charge is 0.351 e. The van der Waals surface area contributed by atoms with Crippen molar-refractivity contribution in [1.82, 2.24) is 25.4 Å². The Hall–Kier alpha value is -1.77. The van der Waals surface area contributed by atoms with Gasteiger partial charge in [0.25, 0.3) is 5.91 Å². The van der Waals surface area contributed by atoms with Gasteiger partial charge in [-0.25, -0.2) is 0 Å². The highest BCUT2D eigenvalue weighted by Gasteiger charge is 2.17. The molecule has 0 spiro atoms. The zero-order valence-electron chi connectivity index (χ0n) is 16.2. The molecule has 0 radical (unpaired) electrons. The van der Waals surface area contributed by atoms with Crippen molar-refractivity contribution >= 4 is 46.8 Å². The van der Waals surface area contributed by atoms with Crippen LogP contribution in [0.2, 0.25) is 10.0 Å². The van der Waals surface area contributed by atoms with Crippen LogP contribution in [0.25, 0.3) is 0 Å². The Balaban J connectivity index is 1.98. The fourth-order valence-electron chi connectivity index (χ4n) is 2.36. The quantitative estimate of drug-likeness (QED) is 0.638. The summed E-state index contributed by atoms with van der Waals surface area (Å²) in [6.07, 6.45) is 0. The van der Waals surface area contributed by atoms with Crippen molar-refractivity contribution in [2.24, 2.45) is 0 Å². The number of aromatic nitrogens is 3. The zero-order chi connectivity index (χ0) is 20.9. The highest BCUT2D eigenvalue weighted by Crippen LogP contribution is 2.22. The van der Waals surface area contributed by atoms with Gasteiger partial charge in [-0.2, -0.15) is 0 Å². The lowest BCUT2D eigenvalue weighted by Gasteiger charge is -2.20. The van der Waals surface area contributed by atoms with Gasteiger partial charge in [0.2, 0.25) is 5.91 Å². The Bertz CT molecular complexity index is 864. The van der Waals surface area contributed by atoms with Gasteiger partial charge in [0, 0.05) is 17.6 Å². The topological polar surface area (TPSA) is 88.9 Å². The third-order valence-electron chi connectivity index (χ3n) is 3.55. The van der Waals surface area contributed by atoms with E-state index in [2.05, 4.69) is 20.8 Å². The number of nitrogens with zero attached hydrogens (tertiary/aromatic N) is 3. The average molecular weight is 444 g/mol. The van der Waals surface area contributed by atoms with Gasteiger partial charge in [0.1, 0.15) is 0 Å². The van der Waals surface area contributed by atoms with Crippen LogP contribution in [-0.2, 0) is 17.9 Å². The van der Waals surface area contributed by atoms with E-state index in [1.165, 1.54) is 17.8 Å². The summed E-state index contributed by atoms with van der Waals surface area (Å²) in [6.45, 7) is 8.56. The van der Waals surface area contributed by atoms with Gasteiger partial charge >= 0.3 is 0 Å². The molecule has 0 aliphatic rings. The van der Waals surface area contributed by atoms with Crippen LogP contribution in [0.4, 0.5) is 0 Å². The first-order chi connectivity index (χ1) is 13.1. The van der Waals surface area contributed by atoms with E-state index in [1.807, 2.05) is 32.3 Å². The van der Waals surface area contributed by atoms with Crippen molar-refractivity contribution in [2.45, 2.75) is 51.5 Å². The number of carbonyl (C=O) groups is 2. The van der Waals surface area contributed by atoms with Gasteiger partial charge in [-0.3, -0.25) is 9.59 Å². The highest BCUT2D eigenvalue weighted by atomic mass is 35.5. The van der Waals surface area contributed by atoms with Crippen LogP contribution in [0.15, 0.2) is 23.4 Å². The number of carbonyl (C=O) groups excluding carboxylic acids is 2. The Morgan fingerprint density at radius 1 is 1.18 bits per heavy atom. The van der Waals surface area contributed by atoms with Crippen LogP contribution in [0, 0.1) is 0 Å². The number of halogens is 2. The molecule has 1 aromatic heterocycles. The van der Waals surface area contributed by atoms with Crippen molar-refractivity contribution in [3.05, 3.63) is 39.6 Å². The molecule has 0 aliphatic carbocycles. The Kier molecular flexibility index (Phi) is 7.74. The summed E-state index contributed by atoms with van der Waals surface area (Å²) in [5, 5.41) is 15.3. The van der Waals surface area contributed by atoms with E-state index in [9.17, 15) is 9.59 Å². The first-order valence-electron chi connectivity index (χ1n) is 8.70. The molecule has 28 heavy (non-hydrogen) atoms. The number of nitrogens with one attached hydrogen (secondary N) is 2.